The first-order valence-electron chi connectivity index (χ1n) is 9.73. The Kier molecular flexibility index (Phi) is 5.55. The minimum absolute atomic E-state index is 0.0105. The molecule has 28 heavy (non-hydrogen) atoms. The van der Waals surface area contributed by atoms with Crippen LogP contribution in [0.4, 0.5) is 5.69 Å². The van der Waals surface area contributed by atoms with Crippen molar-refractivity contribution in [2.24, 2.45) is 0 Å². The number of fused-ring (bicyclic) bond motifs is 1. The van der Waals surface area contributed by atoms with Crippen LogP contribution in [0.15, 0.2) is 53.3 Å². The maximum atomic E-state index is 12.9. The van der Waals surface area contributed by atoms with Gasteiger partial charge in [0.2, 0.25) is 0 Å². The number of nitrogens with one attached hydrogen (secondary N) is 3. The molecule has 1 heterocycles. The smallest absolute Gasteiger partial charge is 0.274 e. The first-order chi connectivity index (χ1) is 13.7. The van der Waals surface area contributed by atoms with Crippen LogP contribution in [0.3, 0.4) is 0 Å². The Morgan fingerprint density at radius 3 is 2.89 bits per heavy atom. The molecule has 0 bridgehead atoms. The third-order valence-electron chi connectivity index (χ3n) is 5.42. The number of aromatic amines is 1. The minimum Gasteiger partial charge on any atom is -0.388 e. The van der Waals surface area contributed by atoms with Crippen LogP contribution in [-0.4, -0.2) is 29.4 Å². The number of halogens is 1. The molecular formula is C22H25ClN4O. The van der Waals surface area contributed by atoms with Gasteiger partial charge in [-0.3, -0.25) is 9.89 Å². The SMILES string of the molecule is CNc1cccc(CCNC2CCc3[nH]n(-c4ccccc4Cl)c(=O)c3C2)c1. The van der Waals surface area contributed by atoms with Gasteiger partial charge in [0.1, 0.15) is 0 Å². The average molecular weight is 397 g/mol. The van der Waals surface area contributed by atoms with Gasteiger partial charge < -0.3 is 10.6 Å². The molecule has 4 rings (SSSR count). The summed E-state index contributed by atoms with van der Waals surface area (Å²) < 4.78 is 1.58. The lowest BCUT2D eigenvalue weighted by Gasteiger charge is -2.22. The third-order valence-corrected chi connectivity index (χ3v) is 5.74. The van der Waals surface area contributed by atoms with E-state index in [1.807, 2.05) is 25.2 Å². The number of hydrogen-bond acceptors (Lipinski definition) is 3. The van der Waals surface area contributed by atoms with Crippen molar-refractivity contribution in [1.82, 2.24) is 15.1 Å². The van der Waals surface area contributed by atoms with Gasteiger partial charge in [-0.15, -0.1) is 0 Å². The van der Waals surface area contributed by atoms with Crippen LogP contribution in [0.1, 0.15) is 23.2 Å². The summed E-state index contributed by atoms with van der Waals surface area (Å²) in [6.45, 7) is 0.899. The molecular weight excluding hydrogens is 372 g/mol. The summed E-state index contributed by atoms with van der Waals surface area (Å²) in [5.74, 6) is 0. The summed E-state index contributed by atoms with van der Waals surface area (Å²) in [7, 11) is 1.93. The highest BCUT2D eigenvalue weighted by Gasteiger charge is 2.24. The Morgan fingerprint density at radius 1 is 1.21 bits per heavy atom. The maximum absolute atomic E-state index is 12.9. The number of rotatable bonds is 6. The van der Waals surface area contributed by atoms with Gasteiger partial charge in [-0.2, -0.15) is 0 Å². The predicted octanol–water partition coefficient (Wildman–Crippen LogP) is 3.55. The van der Waals surface area contributed by atoms with Crippen molar-refractivity contribution >= 4 is 17.3 Å². The van der Waals surface area contributed by atoms with E-state index >= 15 is 0 Å². The fourth-order valence-electron chi connectivity index (χ4n) is 3.88. The van der Waals surface area contributed by atoms with Crippen molar-refractivity contribution in [1.29, 1.82) is 0 Å². The van der Waals surface area contributed by atoms with E-state index in [1.165, 1.54) is 5.56 Å². The second-order valence-corrected chi connectivity index (χ2v) is 7.66. The van der Waals surface area contributed by atoms with Crippen LogP contribution in [0.25, 0.3) is 5.69 Å². The molecule has 3 N–H and O–H groups in total. The molecule has 0 fully saturated rings. The molecule has 0 aliphatic heterocycles. The highest BCUT2D eigenvalue weighted by atomic mass is 35.5. The summed E-state index contributed by atoms with van der Waals surface area (Å²) in [4.78, 5) is 12.9. The Balaban J connectivity index is 1.42. The Bertz CT molecular complexity index is 1020. The number of aryl methyl sites for hydroxylation is 1. The van der Waals surface area contributed by atoms with E-state index in [0.29, 0.717) is 16.8 Å². The zero-order valence-electron chi connectivity index (χ0n) is 16.0. The van der Waals surface area contributed by atoms with Crippen LogP contribution in [0, 0.1) is 0 Å². The molecule has 146 valence electrons. The molecule has 5 nitrogen and oxygen atoms in total. The van der Waals surface area contributed by atoms with Gasteiger partial charge in [-0.25, -0.2) is 4.68 Å². The van der Waals surface area contributed by atoms with Gasteiger partial charge in [-0.1, -0.05) is 35.9 Å². The molecule has 1 atom stereocenters. The fourth-order valence-corrected chi connectivity index (χ4v) is 4.10. The van der Waals surface area contributed by atoms with Crippen molar-refractivity contribution < 1.29 is 0 Å². The molecule has 1 aromatic heterocycles. The van der Waals surface area contributed by atoms with E-state index in [0.717, 1.165) is 49.2 Å². The molecule has 0 radical (unpaired) electrons. The highest BCUT2D eigenvalue weighted by molar-refractivity contribution is 6.32. The summed E-state index contributed by atoms with van der Waals surface area (Å²) in [6, 6.07) is 16.2. The summed E-state index contributed by atoms with van der Waals surface area (Å²) >= 11 is 6.27. The zero-order valence-corrected chi connectivity index (χ0v) is 16.7. The first kappa shape index (κ1) is 18.8. The van der Waals surface area contributed by atoms with Crippen LogP contribution >= 0.6 is 11.6 Å². The van der Waals surface area contributed by atoms with E-state index in [2.05, 4.69) is 40.0 Å². The van der Waals surface area contributed by atoms with Crippen molar-refractivity contribution in [2.45, 2.75) is 31.7 Å². The van der Waals surface area contributed by atoms with Gasteiger partial charge in [0.25, 0.3) is 5.56 Å². The molecule has 3 aromatic rings. The monoisotopic (exact) mass is 396 g/mol. The molecule has 0 saturated heterocycles. The van der Waals surface area contributed by atoms with E-state index in [9.17, 15) is 4.79 Å². The van der Waals surface area contributed by atoms with Crippen molar-refractivity contribution in [2.75, 3.05) is 18.9 Å². The second kappa shape index (κ2) is 8.25. The lowest BCUT2D eigenvalue weighted by atomic mass is 9.93. The van der Waals surface area contributed by atoms with Crippen molar-refractivity contribution in [3.8, 4) is 5.69 Å². The van der Waals surface area contributed by atoms with Gasteiger partial charge in [0, 0.05) is 30.0 Å². The molecule has 1 unspecified atom stereocenters. The van der Waals surface area contributed by atoms with Gasteiger partial charge in [-0.05, 0) is 62.1 Å². The number of hydrogen-bond donors (Lipinski definition) is 3. The van der Waals surface area contributed by atoms with Crippen molar-refractivity contribution in [3.05, 3.63) is 80.7 Å². The zero-order chi connectivity index (χ0) is 19.5. The molecule has 2 aromatic carbocycles. The number of benzene rings is 2. The number of para-hydroxylation sites is 1. The minimum atomic E-state index is 0.0105. The predicted molar refractivity (Wildman–Crippen MR) is 115 cm³/mol. The van der Waals surface area contributed by atoms with E-state index in [-0.39, 0.29) is 5.56 Å². The molecule has 1 aliphatic carbocycles. The average Bonchev–Trinajstić information content (AvgIpc) is 3.04. The number of aromatic nitrogens is 2. The largest absolute Gasteiger partial charge is 0.388 e. The number of H-pyrrole nitrogens is 1. The lowest BCUT2D eigenvalue weighted by Crippen LogP contribution is -2.37. The first-order valence-corrected chi connectivity index (χ1v) is 10.1. The van der Waals surface area contributed by atoms with Crippen LogP contribution < -0.4 is 16.2 Å². The molecule has 6 heteroatoms. The summed E-state index contributed by atoms with van der Waals surface area (Å²) in [5.41, 5.74) is 5.06. The van der Waals surface area contributed by atoms with Gasteiger partial charge in [0.05, 0.1) is 10.7 Å². The van der Waals surface area contributed by atoms with E-state index in [1.54, 1.807) is 10.7 Å². The van der Waals surface area contributed by atoms with Gasteiger partial charge >= 0.3 is 0 Å². The van der Waals surface area contributed by atoms with Crippen molar-refractivity contribution in [3.63, 3.8) is 0 Å². The van der Waals surface area contributed by atoms with E-state index in [4.69, 9.17) is 11.6 Å². The topological polar surface area (TPSA) is 61.8 Å². The van der Waals surface area contributed by atoms with Crippen LogP contribution in [0.2, 0.25) is 5.02 Å². The summed E-state index contributed by atoms with van der Waals surface area (Å²) in [6.07, 6.45) is 3.61. The van der Waals surface area contributed by atoms with E-state index < -0.39 is 0 Å². The molecule has 0 saturated carbocycles. The number of anilines is 1. The Labute approximate surface area is 169 Å². The summed E-state index contributed by atoms with van der Waals surface area (Å²) in [5, 5.41) is 10.6. The second-order valence-electron chi connectivity index (χ2n) is 7.26. The highest BCUT2D eigenvalue weighted by Crippen LogP contribution is 2.22. The fraction of sp³-hybridized carbons (Fsp3) is 0.318. The van der Waals surface area contributed by atoms with Crippen LogP contribution in [-0.2, 0) is 19.3 Å². The van der Waals surface area contributed by atoms with Crippen LogP contribution in [0.5, 0.6) is 0 Å². The standard InChI is InChI=1S/C22H25ClN4O/c1-24-16-6-4-5-15(13-16)11-12-25-17-9-10-20-18(14-17)22(28)27(26-20)21-8-3-2-7-19(21)23/h2-8,13,17,24-26H,9-12,14H2,1H3. The Morgan fingerprint density at radius 2 is 2.07 bits per heavy atom. The normalized spacial score (nSPS) is 16.0. The molecule has 1 aliphatic rings. The van der Waals surface area contributed by atoms with Gasteiger partial charge in [0.15, 0.2) is 0 Å². The third kappa shape index (κ3) is 3.86. The quantitative estimate of drug-likeness (QED) is 0.597. The Hall–Kier alpha value is -2.50. The molecule has 0 spiro atoms. The maximum Gasteiger partial charge on any atom is 0.274 e. The lowest BCUT2D eigenvalue weighted by molar-refractivity contribution is 0.458. The molecule has 0 amide bonds. The number of nitrogens with zero attached hydrogens (tertiary/aromatic N) is 1.